The molecule has 0 aliphatic carbocycles. The van der Waals surface area contributed by atoms with E-state index in [0.717, 1.165) is 5.56 Å². The highest BCUT2D eigenvalue weighted by atomic mass is 16.5. The van der Waals surface area contributed by atoms with Crippen molar-refractivity contribution in [2.75, 3.05) is 13.1 Å². The number of likely N-dealkylation sites (tertiary alicyclic amines) is 1. The lowest BCUT2D eigenvalue weighted by Crippen LogP contribution is -2.40. The van der Waals surface area contributed by atoms with Gasteiger partial charge in [-0.15, -0.1) is 0 Å². The minimum absolute atomic E-state index is 0.0242. The van der Waals surface area contributed by atoms with Crippen LogP contribution in [0.25, 0.3) is 0 Å². The molecule has 25 heavy (non-hydrogen) atoms. The van der Waals surface area contributed by atoms with Crippen molar-refractivity contribution in [1.29, 1.82) is 0 Å². The third-order valence-corrected chi connectivity index (χ3v) is 4.58. The number of esters is 1. The lowest BCUT2D eigenvalue weighted by atomic mass is 9.96. The zero-order valence-electron chi connectivity index (χ0n) is 14.3. The average molecular weight is 338 g/mol. The molecule has 5 nitrogen and oxygen atoms in total. The Hall–Kier alpha value is -2.69. The molecule has 1 amide bonds. The third-order valence-electron chi connectivity index (χ3n) is 4.58. The van der Waals surface area contributed by atoms with E-state index >= 15 is 0 Å². The van der Waals surface area contributed by atoms with Gasteiger partial charge in [0.2, 0.25) is 0 Å². The summed E-state index contributed by atoms with van der Waals surface area (Å²) in [6.45, 7) is 3.01. The minimum atomic E-state index is -0.315. The maximum absolute atomic E-state index is 12.4. The summed E-state index contributed by atoms with van der Waals surface area (Å²) in [6, 6.07) is 13.0. The molecular formula is C20H22N2O3. The van der Waals surface area contributed by atoms with Crippen molar-refractivity contribution in [2.24, 2.45) is 5.92 Å². The number of amides is 1. The van der Waals surface area contributed by atoms with E-state index in [1.807, 2.05) is 54.3 Å². The lowest BCUT2D eigenvalue weighted by molar-refractivity contribution is -0.155. The number of hydrogen-bond donors (Lipinski definition) is 0. The van der Waals surface area contributed by atoms with E-state index in [-0.39, 0.29) is 23.9 Å². The molecule has 1 aromatic carbocycles. The van der Waals surface area contributed by atoms with Gasteiger partial charge in [-0.25, -0.2) is 0 Å². The fourth-order valence-corrected chi connectivity index (χ4v) is 3.04. The molecular weight excluding hydrogens is 316 g/mol. The van der Waals surface area contributed by atoms with E-state index in [2.05, 4.69) is 4.98 Å². The minimum Gasteiger partial charge on any atom is -0.458 e. The number of carbonyl (C=O) groups excluding carboxylic acids is 2. The monoisotopic (exact) mass is 338 g/mol. The van der Waals surface area contributed by atoms with Crippen LogP contribution in [0.1, 0.15) is 41.8 Å². The molecule has 1 aliphatic heterocycles. The van der Waals surface area contributed by atoms with Gasteiger partial charge in [-0.2, -0.15) is 0 Å². The van der Waals surface area contributed by atoms with E-state index in [0.29, 0.717) is 31.5 Å². The molecule has 1 aliphatic rings. The number of hydrogen-bond acceptors (Lipinski definition) is 4. The van der Waals surface area contributed by atoms with Gasteiger partial charge < -0.3 is 9.64 Å². The first kappa shape index (κ1) is 17.1. The number of carbonyl (C=O) groups is 2. The van der Waals surface area contributed by atoms with Crippen LogP contribution in [-0.4, -0.2) is 34.8 Å². The molecule has 3 rings (SSSR count). The predicted molar refractivity (Wildman–Crippen MR) is 93.8 cm³/mol. The summed E-state index contributed by atoms with van der Waals surface area (Å²) in [6.07, 6.45) is 4.36. The Bertz CT molecular complexity index is 710. The molecule has 2 heterocycles. The Kier molecular flexibility index (Phi) is 5.43. The van der Waals surface area contributed by atoms with Crippen LogP contribution in [0.5, 0.6) is 0 Å². The van der Waals surface area contributed by atoms with Crippen molar-refractivity contribution in [3.63, 3.8) is 0 Å². The standard InChI is InChI=1S/C20H22N2O3/c1-15(18-8-5-11-21-14-18)25-20(24)17-9-12-22(13-10-17)19(23)16-6-3-2-4-7-16/h2-8,11,14-15,17H,9-10,12-13H2,1H3/t15-/m1/s1. The Balaban J connectivity index is 1.52. The van der Waals surface area contributed by atoms with Crippen LogP contribution < -0.4 is 0 Å². The normalized spacial score (nSPS) is 16.3. The predicted octanol–water partition coefficient (Wildman–Crippen LogP) is 3.24. The first-order valence-corrected chi connectivity index (χ1v) is 8.60. The van der Waals surface area contributed by atoms with Crippen LogP contribution in [-0.2, 0) is 9.53 Å². The van der Waals surface area contributed by atoms with E-state index < -0.39 is 0 Å². The number of ether oxygens (including phenoxy) is 1. The third kappa shape index (κ3) is 4.24. The summed E-state index contributed by atoms with van der Waals surface area (Å²) in [5.74, 6) is -0.321. The Morgan fingerprint density at radius 1 is 1.12 bits per heavy atom. The molecule has 5 heteroatoms. The lowest BCUT2D eigenvalue weighted by Gasteiger charge is -2.31. The van der Waals surface area contributed by atoms with Gasteiger partial charge in [-0.1, -0.05) is 24.3 Å². The van der Waals surface area contributed by atoms with Crippen molar-refractivity contribution in [3.05, 3.63) is 66.0 Å². The van der Waals surface area contributed by atoms with Gasteiger partial charge in [0, 0.05) is 36.6 Å². The van der Waals surface area contributed by atoms with Gasteiger partial charge in [-0.05, 0) is 38.0 Å². The number of rotatable bonds is 4. The molecule has 130 valence electrons. The molecule has 1 saturated heterocycles. The summed E-state index contributed by atoms with van der Waals surface area (Å²) in [4.78, 5) is 30.7. The molecule has 2 aromatic rings. The van der Waals surface area contributed by atoms with E-state index in [1.54, 1.807) is 12.4 Å². The number of nitrogens with zero attached hydrogens (tertiary/aromatic N) is 2. The van der Waals surface area contributed by atoms with Gasteiger partial charge in [0.15, 0.2) is 0 Å². The van der Waals surface area contributed by atoms with Crippen LogP contribution in [0.15, 0.2) is 54.9 Å². The highest BCUT2D eigenvalue weighted by Gasteiger charge is 2.29. The SMILES string of the molecule is C[C@@H](OC(=O)C1CCN(C(=O)c2ccccc2)CC1)c1cccnc1. The molecule has 0 N–H and O–H groups in total. The maximum Gasteiger partial charge on any atom is 0.309 e. The highest BCUT2D eigenvalue weighted by Crippen LogP contribution is 2.24. The molecule has 0 spiro atoms. The number of piperidine rings is 1. The second kappa shape index (κ2) is 7.92. The first-order valence-electron chi connectivity index (χ1n) is 8.60. The quantitative estimate of drug-likeness (QED) is 0.803. The van der Waals surface area contributed by atoms with E-state index in [4.69, 9.17) is 4.74 Å². The summed E-state index contributed by atoms with van der Waals surface area (Å²) in [5, 5.41) is 0. The first-order chi connectivity index (χ1) is 12.1. The zero-order chi connectivity index (χ0) is 17.6. The molecule has 0 bridgehead atoms. The Labute approximate surface area is 147 Å². The molecule has 1 atom stereocenters. The second-order valence-electron chi connectivity index (χ2n) is 6.30. The van der Waals surface area contributed by atoms with Crippen LogP contribution in [0, 0.1) is 5.92 Å². The van der Waals surface area contributed by atoms with Crippen LogP contribution in [0.4, 0.5) is 0 Å². The number of benzene rings is 1. The van der Waals surface area contributed by atoms with Gasteiger partial charge in [0.05, 0.1) is 5.92 Å². The fourth-order valence-electron chi connectivity index (χ4n) is 3.04. The van der Waals surface area contributed by atoms with Crippen molar-refractivity contribution >= 4 is 11.9 Å². The van der Waals surface area contributed by atoms with E-state index in [9.17, 15) is 9.59 Å². The second-order valence-corrected chi connectivity index (χ2v) is 6.30. The van der Waals surface area contributed by atoms with Crippen molar-refractivity contribution in [3.8, 4) is 0 Å². The Morgan fingerprint density at radius 3 is 2.48 bits per heavy atom. The number of pyridine rings is 1. The van der Waals surface area contributed by atoms with Crippen LogP contribution >= 0.6 is 0 Å². The van der Waals surface area contributed by atoms with Crippen molar-refractivity contribution in [2.45, 2.75) is 25.9 Å². The average Bonchev–Trinajstić information content (AvgIpc) is 2.69. The summed E-state index contributed by atoms with van der Waals surface area (Å²) < 4.78 is 5.57. The number of aromatic nitrogens is 1. The highest BCUT2D eigenvalue weighted by molar-refractivity contribution is 5.94. The van der Waals surface area contributed by atoms with Gasteiger partial charge in [0.25, 0.3) is 5.91 Å². The summed E-state index contributed by atoms with van der Waals surface area (Å²) in [7, 11) is 0. The van der Waals surface area contributed by atoms with Gasteiger partial charge >= 0.3 is 5.97 Å². The Morgan fingerprint density at radius 2 is 1.84 bits per heavy atom. The topological polar surface area (TPSA) is 59.5 Å². The van der Waals surface area contributed by atoms with Gasteiger partial charge in [0.1, 0.15) is 6.10 Å². The van der Waals surface area contributed by atoms with Crippen LogP contribution in [0.3, 0.4) is 0 Å². The molecule has 1 aromatic heterocycles. The smallest absolute Gasteiger partial charge is 0.309 e. The fraction of sp³-hybridized carbons (Fsp3) is 0.350. The van der Waals surface area contributed by atoms with E-state index in [1.165, 1.54) is 0 Å². The van der Waals surface area contributed by atoms with Crippen LogP contribution in [0.2, 0.25) is 0 Å². The summed E-state index contributed by atoms with van der Waals surface area (Å²) in [5.41, 5.74) is 1.57. The molecule has 1 fully saturated rings. The maximum atomic E-state index is 12.4. The molecule has 0 radical (unpaired) electrons. The zero-order valence-corrected chi connectivity index (χ0v) is 14.3. The molecule has 0 saturated carbocycles. The van der Waals surface area contributed by atoms with Gasteiger partial charge in [-0.3, -0.25) is 14.6 Å². The summed E-state index contributed by atoms with van der Waals surface area (Å²) >= 11 is 0. The largest absolute Gasteiger partial charge is 0.458 e. The van der Waals surface area contributed by atoms with Crippen molar-refractivity contribution < 1.29 is 14.3 Å². The van der Waals surface area contributed by atoms with Crippen molar-refractivity contribution in [1.82, 2.24) is 9.88 Å². The molecule has 0 unspecified atom stereocenters.